The minimum atomic E-state index is -0.728. The molecular formula is C16H12BrNO6. The highest BCUT2D eigenvalue weighted by Gasteiger charge is 2.15. The highest BCUT2D eigenvalue weighted by atomic mass is 79.9. The molecule has 2 aromatic rings. The van der Waals surface area contributed by atoms with Gasteiger partial charge in [-0.05, 0) is 36.8 Å². The first-order valence-electron chi connectivity index (χ1n) is 6.74. The number of halogens is 1. The van der Waals surface area contributed by atoms with E-state index in [9.17, 15) is 19.7 Å². The number of non-ortho nitro benzene ring substituents is 1. The predicted molar refractivity (Wildman–Crippen MR) is 88.5 cm³/mol. The Balaban J connectivity index is 2.04. The Labute approximate surface area is 145 Å². The van der Waals surface area contributed by atoms with E-state index in [4.69, 9.17) is 9.47 Å². The summed E-state index contributed by atoms with van der Waals surface area (Å²) >= 11 is 3.32. The predicted octanol–water partition coefficient (Wildman–Crippen LogP) is 3.46. The molecule has 0 aliphatic rings. The van der Waals surface area contributed by atoms with Crippen LogP contribution in [0.25, 0.3) is 0 Å². The zero-order valence-electron chi connectivity index (χ0n) is 12.5. The molecule has 0 aromatic heterocycles. The van der Waals surface area contributed by atoms with Crippen LogP contribution in [0.5, 0.6) is 11.5 Å². The molecule has 0 fully saturated rings. The topological polar surface area (TPSA) is 95.7 Å². The lowest BCUT2D eigenvalue weighted by molar-refractivity contribution is -0.384. The minimum Gasteiger partial charge on any atom is -0.482 e. The van der Waals surface area contributed by atoms with Gasteiger partial charge in [0.1, 0.15) is 11.5 Å². The van der Waals surface area contributed by atoms with E-state index in [0.717, 1.165) is 22.2 Å². The van der Waals surface area contributed by atoms with Gasteiger partial charge >= 0.3 is 5.97 Å². The Kier molecular flexibility index (Phi) is 5.64. The molecule has 2 rings (SSSR count). The number of nitro benzene ring substituents is 1. The molecule has 0 atom stereocenters. The highest BCUT2D eigenvalue weighted by Crippen LogP contribution is 2.24. The van der Waals surface area contributed by atoms with Gasteiger partial charge in [-0.15, -0.1) is 0 Å². The molecule has 0 radical (unpaired) electrons. The fourth-order valence-corrected chi connectivity index (χ4v) is 2.37. The van der Waals surface area contributed by atoms with Crippen LogP contribution in [0.3, 0.4) is 0 Å². The maximum Gasteiger partial charge on any atom is 0.349 e. The van der Waals surface area contributed by atoms with Crippen LogP contribution in [0.15, 0.2) is 40.9 Å². The van der Waals surface area contributed by atoms with Crippen LogP contribution in [0.1, 0.15) is 15.9 Å². The average Bonchev–Trinajstić information content (AvgIpc) is 2.54. The first-order chi connectivity index (χ1) is 11.4. The van der Waals surface area contributed by atoms with Crippen molar-refractivity contribution in [3.05, 3.63) is 62.1 Å². The first kappa shape index (κ1) is 17.6. The number of ether oxygens (including phenoxy) is 2. The number of carbonyl (C=O) groups excluding carboxylic acids is 2. The molecule has 0 saturated carbocycles. The van der Waals surface area contributed by atoms with Crippen LogP contribution < -0.4 is 9.47 Å². The molecule has 0 unspecified atom stereocenters. The Bertz CT molecular complexity index is 805. The van der Waals surface area contributed by atoms with E-state index in [-0.39, 0.29) is 23.6 Å². The van der Waals surface area contributed by atoms with Gasteiger partial charge in [0.25, 0.3) is 5.69 Å². The molecule has 7 nitrogen and oxygen atoms in total. The normalized spacial score (nSPS) is 10.1. The Morgan fingerprint density at radius 1 is 1.25 bits per heavy atom. The number of rotatable bonds is 6. The fourth-order valence-electron chi connectivity index (χ4n) is 1.90. The van der Waals surface area contributed by atoms with Crippen LogP contribution in [0, 0.1) is 17.0 Å². The number of hydrogen-bond acceptors (Lipinski definition) is 6. The maximum atomic E-state index is 11.8. The van der Waals surface area contributed by atoms with E-state index in [1.807, 2.05) is 13.0 Å². The summed E-state index contributed by atoms with van der Waals surface area (Å²) in [5.74, 6) is -0.263. The van der Waals surface area contributed by atoms with Gasteiger partial charge in [-0.3, -0.25) is 14.9 Å². The summed E-state index contributed by atoms with van der Waals surface area (Å²) < 4.78 is 11.3. The summed E-state index contributed by atoms with van der Waals surface area (Å²) in [5.41, 5.74) is 0.483. The van der Waals surface area contributed by atoms with Crippen molar-refractivity contribution in [2.75, 3.05) is 6.61 Å². The van der Waals surface area contributed by atoms with Gasteiger partial charge in [0.05, 0.1) is 10.5 Å². The largest absolute Gasteiger partial charge is 0.482 e. The first-order valence-corrected chi connectivity index (χ1v) is 7.53. The minimum absolute atomic E-state index is 0.0586. The van der Waals surface area contributed by atoms with Gasteiger partial charge in [0, 0.05) is 16.6 Å². The number of nitro groups is 1. The van der Waals surface area contributed by atoms with E-state index in [2.05, 4.69) is 15.9 Å². The molecule has 0 aliphatic heterocycles. The second-order valence-electron chi connectivity index (χ2n) is 4.77. The van der Waals surface area contributed by atoms with Gasteiger partial charge in [0.2, 0.25) is 0 Å². The molecular weight excluding hydrogens is 382 g/mol. The van der Waals surface area contributed by atoms with Crippen LogP contribution in [0.4, 0.5) is 5.69 Å². The molecule has 0 saturated heterocycles. The standard InChI is InChI=1S/C16H12BrNO6/c1-10-6-12(17)2-4-14(10)23-9-16(20)24-15-5-3-13(18(21)22)7-11(15)8-19/h2-8H,9H2,1H3. The van der Waals surface area contributed by atoms with Gasteiger partial charge in [0.15, 0.2) is 12.9 Å². The van der Waals surface area contributed by atoms with E-state index in [0.29, 0.717) is 12.0 Å². The second-order valence-corrected chi connectivity index (χ2v) is 5.69. The Morgan fingerprint density at radius 3 is 2.58 bits per heavy atom. The monoisotopic (exact) mass is 393 g/mol. The number of benzene rings is 2. The zero-order valence-corrected chi connectivity index (χ0v) is 14.1. The van der Waals surface area contributed by atoms with Crippen LogP contribution in [-0.2, 0) is 4.79 Å². The van der Waals surface area contributed by atoms with Crippen molar-refractivity contribution in [3.8, 4) is 11.5 Å². The molecule has 24 heavy (non-hydrogen) atoms. The summed E-state index contributed by atoms with van der Waals surface area (Å²) in [7, 11) is 0. The van der Waals surface area contributed by atoms with E-state index in [1.54, 1.807) is 12.1 Å². The molecule has 0 bridgehead atoms. The molecule has 8 heteroatoms. The lowest BCUT2D eigenvalue weighted by atomic mass is 10.2. The van der Waals surface area contributed by atoms with Crippen LogP contribution in [0.2, 0.25) is 0 Å². The lowest BCUT2D eigenvalue weighted by Crippen LogP contribution is -2.18. The van der Waals surface area contributed by atoms with E-state index >= 15 is 0 Å². The van der Waals surface area contributed by atoms with Crippen molar-refractivity contribution in [2.24, 2.45) is 0 Å². The Morgan fingerprint density at radius 2 is 1.96 bits per heavy atom. The number of hydrogen-bond donors (Lipinski definition) is 0. The summed E-state index contributed by atoms with van der Waals surface area (Å²) in [6.07, 6.45) is 0.384. The quantitative estimate of drug-likeness (QED) is 0.245. The SMILES string of the molecule is Cc1cc(Br)ccc1OCC(=O)Oc1ccc([N+](=O)[O-])cc1C=O. The van der Waals surface area contributed by atoms with Crippen LogP contribution >= 0.6 is 15.9 Å². The number of nitrogens with zero attached hydrogens (tertiary/aromatic N) is 1. The second kappa shape index (κ2) is 7.69. The van der Waals surface area contributed by atoms with Crippen molar-refractivity contribution in [1.82, 2.24) is 0 Å². The van der Waals surface area contributed by atoms with Gasteiger partial charge in [-0.1, -0.05) is 15.9 Å². The lowest BCUT2D eigenvalue weighted by Gasteiger charge is -2.10. The highest BCUT2D eigenvalue weighted by molar-refractivity contribution is 9.10. The van der Waals surface area contributed by atoms with Gasteiger partial charge in [-0.25, -0.2) is 4.79 Å². The molecule has 0 heterocycles. The summed E-state index contributed by atoms with van der Waals surface area (Å²) in [6.45, 7) is 1.46. The average molecular weight is 394 g/mol. The molecule has 0 aliphatic carbocycles. The van der Waals surface area contributed by atoms with Crippen molar-refractivity contribution < 1.29 is 24.0 Å². The smallest absolute Gasteiger partial charge is 0.349 e. The number of esters is 1. The number of carbonyl (C=O) groups is 2. The molecule has 2 aromatic carbocycles. The molecule has 0 N–H and O–H groups in total. The Hall–Kier alpha value is -2.74. The molecule has 0 amide bonds. The summed E-state index contributed by atoms with van der Waals surface area (Å²) in [4.78, 5) is 32.9. The number of aryl methyl sites for hydroxylation is 1. The third kappa shape index (κ3) is 4.39. The zero-order chi connectivity index (χ0) is 17.7. The summed E-state index contributed by atoms with van der Waals surface area (Å²) in [5, 5.41) is 10.7. The van der Waals surface area contributed by atoms with E-state index in [1.165, 1.54) is 6.07 Å². The van der Waals surface area contributed by atoms with Crippen LogP contribution in [-0.4, -0.2) is 23.8 Å². The van der Waals surface area contributed by atoms with Gasteiger partial charge < -0.3 is 9.47 Å². The fraction of sp³-hybridized carbons (Fsp3) is 0.125. The summed E-state index contributed by atoms with van der Waals surface area (Å²) in [6, 6.07) is 8.70. The van der Waals surface area contributed by atoms with Crippen molar-refractivity contribution >= 4 is 33.9 Å². The van der Waals surface area contributed by atoms with Gasteiger partial charge in [-0.2, -0.15) is 0 Å². The molecule has 124 valence electrons. The van der Waals surface area contributed by atoms with Crippen molar-refractivity contribution in [1.29, 1.82) is 0 Å². The van der Waals surface area contributed by atoms with E-state index < -0.39 is 10.9 Å². The molecule has 0 spiro atoms. The third-order valence-corrected chi connectivity index (χ3v) is 3.53. The number of aldehydes is 1. The van der Waals surface area contributed by atoms with Crippen molar-refractivity contribution in [2.45, 2.75) is 6.92 Å². The maximum absolute atomic E-state index is 11.8. The van der Waals surface area contributed by atoms with Crippen molar-refractivity contribution in [3.63, 3.8) is 0 Å². The third-order valence-electron chi connectivity index (χ3n) is 3.04.